The molecule has 2 rings (SSSR count). The molecule has 1 heterocycles. The van der Waals surface area contributed by atoms with Gasteiger partial charge in [0.1, 0.15) is 12.4 Å². The van der Waals surface area contributed by atoms with E-state index in [4.69, 9.17) is 10.5 Å². The summed E-state index contributed by atoms with van der Waals surface area (Å²) in [7, 11) is 0. The third-order valence-corrected chi connectivity index (χ3v) is 3.37. The van der Waals surface area contributed by atoms with Gasteiger partial charge in [-0.25, -0.2) is 0 Å². The first-order valence-corrected chi connectivity index (χ1v) is 6.42. The van der Waals surface area contributed by atoms with Gasteiger partial charge >= 0.3 is 0 Å². The molecule has 1 unspecified atom stereocenters. The summed E-state index contributed by atoms with van der Waals surface area (Å²) in [6, 6.07) is 8.01. The molecular formula is C14H22N2O. The smallest absolute Gasteiger partial charge is 0.123 e. The molecule has 0 spiro atoms. The van der Waals surface area contributed by atoms with Crippen molar-refractivity contribution < 1.29 is 4.74 Å². The number of hydrogen-bond acceptors (Lipinski definition) is 3. The molecule has 1 saturated heterocycles. The van der Waals surface area contributed by atoms with Crippen molar-refractivity contribution in [3.63, 3.8) is 0 Å². The van der Waals surface area contributed by atoms with E-state index >= 15 is 0 Å². The standard InChI is InChI=1S/C14H22N2O/c1-12-6-7-16(11-12)8-9-17-14-5-3-2-4-13(14)10-15/h2-5,12H,6-11,15H2,1H3. The number of rotatable bonds is 5. The fourth-order valence-corrected chi connectivity index (χ4v) is 2.33. The van der Waals surface area contributed by atoms with Gasteiger partial charge in [0.25, 0.3) is 0 Å². The first-order valence-electron chi connectivity index (χ1n) is 6.42. The minimum absolute atomic E-state index is 0.539. The van der Waals surface area contributed by atoms with E-state index < -0.39 is 0 Å². The Morgan fingerprint density at radius 2 is 2.24 bits per heavy atom. The third-order valence-electron chi connectivity index (χ3n) is 3.37. The second-order valence-corrected chi connectivity index (χ2v) is 4.85. The zero-order valence-corrected chi connectivity index (χ0v) is 10.6. The summed E-state index contributed by atoms with van der Waals surface area (Å²) in [5.41, 5.74) is 6.76. The van der Waals surface area contributed by atoms with Crippen molar-refractivity contribution in [2.24, 2.45) is 11.7 Å². The van der Waals surface area contributed by atoms with Gasteiger partial charge in [-0.15, -0.1) is 0 Å². The molecule has 3 nitrogen and oxygen atoms in total. The molecule has 1 aliphatic rings. The van der Waals surface area contributed by atoms with Crippen molar-refractivity contribution in [2.45, 2.75) is 19.9 Å². The molecule has 0 aromatic heterocycles. The maximum atomic E-state index is 5.80. The Bertz CT molecular complexity index is 354. The minimum atomic E-state index is 0.539. The zero-order chi connectivity index (χ0) is 12.1. The van der Waals surface area contributed by atoms with Crippen molar-refractivity contribution in [3.8, 4) is 5.75 Å². The first kappa shape index (κ1) is 12.4. The van der Waals surface area contributed by atoms with Crippen molar-refractivity contribution in [3.05, 3.63) is 29.8 Å². The van der Waals surface area contributed by atoms with Crippen LogP contribution in [0.2, 0.25) is 0 Å². The predicted octanol–water partition coefficient (Wildman–Crippen LogP) is 1.87. The summed E-state index contributed by atoms with van der Waals surface area (Å²) >= 11 is 0. The van der Waals surface area contributed by atoms with Gasteiger partial charge in [-0.1, -0.05) is 25.1 Å². The Morgan fingerprint density at radius 3 is 2.94 bits per heavy atom. The number of likely N-dealkylation sites (tertiary alicyclic amines) is 1. The highest BCUT2D eigenvalue weighted by molar-refractivity contribution is 5.32. The SMILES string of the molecule is CC1CCN(CCOc2ccccc2CN)C1. The Morgan fingerprint density at radius 1 is 1.41 bits per heavy atom. The third kappa shape index (κ3) is 3.45. The van der Waals surface area contributed by atoms with Crippen molar-refractivity contribution in [1.82, 2.24) is 4.90 Å². The topological polar surface area (TPSA) is 38.5 Å². The van der Waals surface area contributed by atoms with E-state index in [9.17, 15) is 0 Å². The quantitative estimate of drug-likeness (QED) is 0.845. The lowest BCUT2D eigenvalue weighted by atomic mass is 10.2. The van der Waals surface area contributed by atoms with Gasteiger partial charge in [0, 0.05) is 25.2 Å². The normalized spacial score (nSPS) is 20.7. The second kappa shape index (κ2) is 6.03. The van der Waals surface area contributed by atoms with E-state index in [1.807, 2.05) is 24.3 Å². The molecule has 3 heteroatoms. The molecular weight excluding hydrogens is 212 g/mol. The summed E-state index contributed by atoms with van der Waals surface area (Å²) in [5.74, 6) is 1.77. The summed E-state index contributed by atoms with van der Waals surface area (Å²) in [6.45, 7) is 7.04. The van der Waals surface area contributed by atoms with Crippen LogP contribution < -0.4 is 10.5 Å². The fourth-order valence-electron chi connectivity index (χ4n) is 2.33. The highest BCUT2D eigenvalue weighted by Crippen LogP contribution is 2.18. The Hall–Kier alpha value is -1.06. The molecule has 1 aliphatic heterocycles. The van der Waals surface area contributed by atoms with E-state index in [1.54, 1.807) is 0 Å². The van der Waals surface area contributed by atoms with Crippen LogP contribution in [0.25, 0.3) is 0 Å². The molecule has 1 fully saturated rings. The molecule has 0 aliphatic carbocycles. The van der Waals surface area contributed by atoms with Gasteiger partial charge in [0.15, 0.2) is 0 Å². The highest BCUT2D eigenvalue weighted by atomic mass is 16.5. The largest absolute Gasteiger partial charge is 0.492 e. The molecule has 2 N–H and O–H groups in total. The molecule has 17 heavy (non-hydrogen) atoms. The lowest BCUT2D eigenvalue weighted by Crippen LogP contribution is -2.26. The van der Waals surface area contributed by atoms with Crippen LogP contribution in [0.15, 0.2) is 24.3 Å². The zero-order valence-electron chi connectivity index (χ0n) is 10.6. The maximum absolute atomic E-state index is 5.80. The summed E-state index contributed by atoms with van der Waals surface area (Å²) < 4.78 is 5.80. The number of hydrogen-bond donors (Lipinski definition) is 1. The summed E-state index contributed by atoms with van der Waals surface area (Å²) in [4.78, 5) is 2.47. The van der Waals surface area contributed by atoms with Gasteiger partial charge in [0.05, 0.1) is 0 Å². The van der Waals surface area contributed by atoms with Crippen LogP contribution in [0.3, 0.4) is 0 Å². The number of nitrogens with zero attached hydrogens (tertiary/aromatic N) is 1. The number of benzene rings is 1. The molecule has 1 aromatic carbocycles. The van der Waals surface area contributed by atoms with Crippen LogP contribution in [-0.4, -0.2) is 31.1 Å². The number of ether oxygens (including phenoxy) is 1. The lowest BCUT2D eigenvalue weighted by Gasteiger charge is -2.16. The molecule has 94 valence electrons. The lowest BCUT2D eigenvalue weighted by molar-refractivity contribution is 0.232. The summed E-state index contributed by atoms with van der Waals surface area (Å²) in [5, 5.41) is 0. The van der Waals surface area contributed by atoms with Crippen LogP contribution >= 0.6 is 0 Å². The fraction of sp³-hybridized carbons (Fsp3) is 0.571. The van der Waals surface area contributed by atoms with Crippen molar-refractivity contribution >= 4 is 0 Å². The predicted molar refractivity (Wildman–Crippen MR) is 70.0 cm³/mol. The summed E-state index contributed by atoms with van der Waals surface area (Å²) in [6.07, 6.45) is 1.32. The van der Waals surface area contributed by atoms with Crippen molar-refractivity contribution in [2.75, 3.05) is 26.2 Å². The monoisotopic (exact) mass is 234 g/mol. The maximum Gasteiger partial charge on any atom is 0.123 e. The molecule has 0 radical (unpaired) electrons. The van der Waals surface area contributed by atoms with Crippen LogP contribution in [0.1, 0.15) is 18.9 Å². The van der Waals surface area contributed by atoms with Gasteiger partial charge < -0.3 is 10.5 Å². The number of nitrogens with two attached hydrogens (primary N) is 1. The van der Waals surface area contributed by atoms with Gasteiger partial charge in [-0.2, -0.15) is 0 Å². The van der Waals surface area contributed by atoms with Crippen molar-refractivity contribution in [1.29, 1.82) is 0 Å². The van der Waals surface area contributed by atoms with Gasteiger partial charge in [-0.3, -0.25) is 4.90 Å². The molecule has 1 atom stereocenters. The van der Waals surface area contributed by atoms with E-state index in [0.717, 1.165) is 30.4 Å². The average molecular weight is 234 g/mol. The van der Waals surface area contributed by atoms with Gasteiger partial charge in [-0.05, 0) is 24.9 Å². The number of para-hydroxylation sites is 1. The van der Waals surface area contributed by atoms with Crippen LogP contribution in [0.4, 0.5) is 0 Å². The molecule has 0 saturated carbocycles. The second-order valence-electron chi connectivity index (χ2n) is 4.85. The minimum Gasteiger partial charge on any atom is -0.492 e. The van der Waals surface area contributed by atoms with Crippen LogP contribution in [-0.2, 0) is 6.54 Å². The van der Waals surface area contributed by atoms with E-state index in [2.05, 4.69) is 11.8 Å². The van der Waals surface area contributed by atoms with E-state index in [0.29, 0.717) is 6.54 Å². The Labute approximate surface area is 104 Å². The highest BCUT2D eigenvalue weighted by Gasteiger charge is 2.17. The average Bonchev–Trinajstić information content (AvgIpc) is 2.76. The van der Waals surface area contributed by atoms with E-state index in [1.165, 1.54) is 19.5 Å². The van der Waals surface area contributed by atoms with Crippen LogP contribution in [0.5, 0.6) is 5.75 Å². The molecule has 0 amide bonds. The first-order chi connectivity index (χ1) is 8.29. The van der Waals surface area contributed by atoms with Gasteiger partial charge in [0.2, 0.25) is 0 Å². The van der Waals surface area contributed by atoms with Crippen LogP contribution in [0, 0.1) is 5.92 Å². The Kier molecular flexibility index (Phi) is 4.40. The molecule has 0 bridgehead atoms. The molecule has 1 aromatic rings. The Balaban J connectivity index is 1.78. The van der Waals surface area contributed by atoms with E-state index in [-0.39, 0.29) is 0 Å².